The zero-order chi connectivity index (χ0) is 58.6. The van der Waals surface area contributed by atoms with Crippen LogP contribution < -0.4 is 4.90 Å². The van der Waals surface area contributed by atoms with Gasteiger partial charge in [-0.05, 0) is 64.5 Å². The monoisotopic (exact) mass is 757 g/mol. The Labute approximate surface area is 363 Å². The molecule has 0 saturated heterocycles. The van der Waals surface area contributed by atoms with Crippen molar-refractivity contribution in [3.8, 4) is 28.5 Å². The van der Waals surface area contributed by atoms with Crippen molar-refractivity contribution in [3.05, 3.63) is 199 Å². The number of aromatic nitrogens is 4. The Morgan fingerprint density at radius 2 is 1.26 bits per heavy atom. The highest BCUT2D eigenvalue weighted by Crippen LogP contribution is 2.39. The van der Waals surface area contributed by atoms with E-state index in [-0.39, 0.29) is 27.7 Å². The molecule has 57 heavy (non-hydrogen) atoms. The highest BCUT2D eigenvalue weighted by atomic mass is 16.3. The van der Waals surface area contributed by atoms with E-state index in [1.54, 1.807) is 36.4 Å². The van der Waals surface area contributed by atoms with E-state index in [1.165, 1.54) is 6.07 Å². The number of furan rings is 1. The second-order valence-electron chi connectivity index (χ2n) is 12.5. The molecule has 1 aliphatic rings. The van der Waals surface area contributed by atoms with Crippen molar-refractivity contribution in [1.82, 2.24) is 19.5 Å². The summed E-state index contributed by atoms with van der Waals surface area (Å²) in [4.78, 5) is 15.5. The number of allylic oxidation sites excluding steroid dienone is 3. The van der Waals surface area contributed by atoms with E-state index < -0.39 is 214 Å². The summed E-state index contributed by atoms with van der Waals surface area (Å²) in [5.41, 5.74) is -4.15. The van der Waals surface area contributed by atoms with Gasteiger partial charge in [0.15, 0.2) is 5.82 Å². The molecule has 7 aromatic carbocycles. The fourth-order valence-corrected chi connectivity index (χ4v) is 6.72. The van der Waals surface area contributed by atoms with Crippen molar-refractivity contribution >= 4 is 61.0 Å². The summed E-state index contributed by atoms with van der Waals surface area (Å²) >= 11 is 0. The molecule has 0 atom stereocenters. The molecular formula is C51H35N5O. The van der Waals surface area contributed by atoms with Crippen LogP contribution >= 0.6 is 0 Å². The summed E-state index contributed by atoms with van der Waals surface area (Å²) in [6.07, 6.45) is -0.889. The lowest BCUT2D eigenvalue weighted by Crippen LogP contribution is -2.23. The van der Waals surface area contributed by atoms with Gasteiger partial charge in [-0.25, -0.2) is 0 Å². The Morgan fingerprint density at radius 3 is 2.05 bits per heavy atom. The molecule has 0 N–H and O–H groups in total. The zero-order valence-electron chi connectivity index (χ0n) is 53.1. The van der Waals surface area contributed by atoms with E-state index >= 15 is 0 Å². The number of hydrogen-bond acceptors (Lipinski definition) is 5. The normalized spacial score (nSPS) is 22.1. The number of rotatable bonds is 5. The van der Waals surface area contributed by atoms with E-state index in [2.05, 4.69) is 0 Å². The molecule has 0 bridgehead atoms. The topological polar surface area (TPSA) is 60.0 Å². The van der Waals surface area contributed by atoms with Gasteiger partial charge in [0.1, 0.15) is 11.2 Å². The number of fused-ring (bicyclic) bond motifs is 7. The second-order valence-corrected chi connectivity index (χ2v) is 12.5. The Hall–Kier alpha value is -7.57. The Balaban J connectivity index is 1.36. The van der Waals surface area contributed by atoms with Crippen molar-refractivity contribution in [2.45, 2.75) is 6.42 Å². The van der Waals surface area contributed by atoms with Crippen LogP contribution in [-0.4, -0.2) is 26.1 Å². The van der Waals surface area contributed by atoms with Gasteiger partial charge in [-0.3, -0.25) is 4.57 Å². The van der Waals surface area contributed by atoms with Crippen LogP contribution in [0.3, 0.4) is 0 Å². The predicted molar refractivity (Wildman–Crippen MR) is 233 cm³/mol. The molecule has 4 heterocycles. The van der Waals surface area contributed by atoms with Gasteiger partial charge in [0.05, 0.1) is 49.5 Å². The number of nitrogens with zero attached hydrogens (tertiary/aromatic N) is 5. The summed E-state index contributed by atoms with van der Waals surface area (Å²) in [5, 5.41) is 0.396. The third-order valence-electron chi connectivity index (χ3n) is 9.26. The smallest absolute Gasteiger partial charge is 0.240 e. The molecule has 6 heteroatoms. The lowest BCUT2D eigenvalue weighted by atomic mass is 10.00. The van der Waals surface area contributed by atoms with Crippen molar-refractivity contribution in [1.29, 1.82) is 0 Å². The zero-order valence-corrected chi connectivity index (χ0v) is 29.1. The lowest BCUT2D eigenvalue weighted by Gasteiger charge is -2.25. The third-order valence-corrected chi connectivity index (χ3v) is 9.26. The average molecular weight is 758 g/mol. The summed E-state index contributed by atoms with van der Waals surface area (Å²) in [7, 11) is 0. The molecule has 0 aliphatic carbocycles. The van der Waals surface area contributed by atoms with Gasteiger partial charge in [-0.2, -0.15) is 15.0 Å². The molecule has 11 rings (SSSR count). The van der Waals surface area contributed by atoms with Crippen molar-refractivity contribution in [2.75, 3.05) is 11.4 Å². The molecule has 0 saturated carbocycles. The lowest BCUT2D eigenvalue weighted by molar-refractivity contribution is 0.669. The third kappa shape index (κ3) is 5.69. The first-order chi connectivity index (χ1) is 38.2. The maximum Gasteiger partial charge on any atom is 0.240 e. The van der Waals surface area contributed by atoms with Crippen LogP contribution in [0.5, 0.6) is 0 Å². The first kappa shape index (κ1) is 16.7. The molecule has 3 aromatic heterocycles. The minimum absolute atomic E-state index is 0.0845. The molecule has 0 radical (unpaired) electrons. The van der Waals surface area contributed by atoms with E-state index in [0.29, 0.717) is 16.4 Å². The Morgan fingerprint density at radius 1 is 0.579 bits per heavy atom. The van der Waals surface area contributed by atoms with Crippen LogP contribution in [0.25, 0.3) is 77.8 Å². The van der Waals surface area contributed by atoms with E-state index in [9.17, 15) is 11.0 Å². The summed E-state index contributed by atoms with van der Waals surface area (Å²) in [6.45, 7) is -1.05. The summed E-state index contributed by atoms with van der Waals surface area (Å²) < 4.78 is 223. The molecule has 6 nitrogen and oxygen atoms in total. The summed E-state index contributed by atoms with van der Waals surface area (Å²) in [5.74, 6) is -1.70. The number of anilines is 2. The highest BCUT2D eigenvalue weighted by molar-refractivity contribution is 6.10. The fraction of sp³-hybridized carbons (Fsp3) is 0.0392. The molecule has 0 fully saturated rings. The molecule has 270 valence electrons. The van der Waals surface area contributed by atoms with Crippen molar-refractivity contribution in [3.63, 3.8) is 0 Å². The molecular weight excluding hydrogens is 699 g/mol. The SMILES string of the molecule is [2H]/C1=C([2H])/C(c2c([2H])c([2H])c([2H])c([2H])c2[2H])=C(/[2H])CN(c2nc(-c3cccc4c3oc3ccccc34)nc(-n3c4c([2H])c([2H])c([2H])c([2H])c4c4c([2H])c([2H])c([2H])c([2H])c43)n2)c2c([2H])c(-c3c([2H])c([2H])c([2H])c([2H])c3[2H])c([2H])c([2H])c2C1. The largest absolute Gasteiger partial charge is 0.455 e. The summed E-state index contributed by atoms with van der Waals surface area (Å²) in [6, 6.07) is -8.01. The number of para-hydroxylation sites is 4. The maximum atomic E-state index is 10.1. The molecule has 1 aliphatic heterocycles. The van der Waals surface area contributed by atoms with Crippen molar-refractivity contribution in [2.24, 2.45) is 0 Å². The number of hydrogen-bond donors (Lipinski definition) is 0. The van der Waals surface area contributed by atoms with Gasteiger partial charge in [-0.15, -0.1) is 0 Å². The van der Waals surface area contributed by atoms with Gasteiger partial charge in [0.25, 0.3) is 0 Å². The van der Waals surface area contributed by atoms with Crippen LogP contribution in [0.1, 0.15) is 44.0 Å². The standard InChI is InChI=1S/C51H35N5O/c1-3-15-34(16-4-1)36-19-13-20-37-29-30-38(35-17-5-2-6-18-35)33-46(37)55(32-31-36)50-52-49(43-25-14-24-42-41-23-9-12-28-47(41)57-48(42)43)53-51(54-50)56-44-26-10-7-21-39(44)40-22-8-11-27-45(40)56/h1-19,21-31,33H,20,32H2/b19-13-,36-31+/i1D,2D,3D,4D,5D,6D,7D,8D,10D,11D,13D,15D,16D,17D,18D,19D,21D,22D,26D,27D,29D,30D,31D,33D. The molecule has 10 aromatic rings. The minimum atomic E-state index is -1.05. The van der Waals surface area contributed by atoms with Crippen LogP contribution in [0.4, 0.5) is 11.6 Å². The van der Waals surface area contributed by atoms with E-state index in [0.717, 1.165) is 9.47 Å². The predicted octanol–water partition coefficient (Wildman–Crippen LogP) is 12.5. The molecule has 0 amide bonds. The van der Waals surface area contributed by atoms with Crippen molar-refractivity contribution < 1.29 is 37.3 Å². The maximum absolute atomic E-state index is 10.1. The van der Waals surface area contributed by atoms with E-state index in [1.807, 2.05) is 0 Å². The first-order valence-electron chi connectivity index (χ1n) is 29.3. The van der Waals surface area contributed by atoms with Crippen LogP contribution in [0.2, 0.25) is 0 Å². The second kappa shape index (κ2) is 13.6. The first-order valence-corrected chi connectivity index (χ1v) is 17.3. The fourth-order valence-electron chi connectivity index (χ4n) is 6.72. The van der Waals surface area contributed by atoms with Gasteiger partial charge in [0.2, 0.25) is 11.9 Å². The van der Waals surface area contributed by atoms with Crippen LogP contribution in [0.15, 0.2) is 192 Å². The number of benzene rings is 7. The van der Waals surface area contributed by atoms with Crippen LogP contribution in [0, 0.1) is 0 Å². The van der Waals surface area contributed by atoms with Crippen LogP contribution in [-0.2, 0) is 6.42 Å². The van der Waals surface area contributed by atoms with Gasteiger partial charge < -0.3 is 9.32 Å². The van der Waals surface area contributed by atoms with Gasteiger partial charge in [-0.1, -0.05) is 157 Å². The quantitative estimate of drug-likeness (QED) is 0.175. The van der Waals surface area contributed by atoms with Gasteiger partial charge >= 0.3 is 0 Å². The average Bonchev–Trinajstić information content (AvgIpc) is 3.32. The molecule has 0 unspecified atom stereocenters. The van der Waals surface area contributed by atoms with E-state index in [4.69, 9.17) is 41.3 Å². The minimum Gasteiger partial charge on any atom is -0.455 e. The Kier molecular flexibility index (Phi) is 3.98. The molecule has 0 spiro atoms. The van der Waals surface area contributed by atoms with Gasteiger partial charge in [0, 0.05) is 33.8 Å². The highest BCUT2D eigenvalue weighted by Gasteiger charge is 2.24. The Bertz CT molecular complexity index is 4470.